The number of nitrogens with zero attached hydrogens (tertiary/aromatic N) is 2. The Balaban J connectivity index is 2.38. The normalized spacial score (nSPS) is 11.1. The number of aromatic nitrogens is 1. The van der Waals surface area contributed by atoms with E-state index in [0.29, 0.717) is 21.7 Å². The minimum atomic E-state index is -0.914. The number of rotatable bonds is 6. The smallest absolute Gasteiger partial charge is 0.313 e. The van der Waals surface area contributed by atoms with E-state index >= 15 is 0 Å². The van der Waals surface area contributed by atoms with Crippen molar-refractivity contribution in [3.63, 3.8) is 0 Å². The van der Waals surface area contributed by atoms with E-state index in [0.717, 1.165) is 4.90 Å². The predicted octanol–water partition coefficient (Wildman–Crippen LogP) is 4.59. The fourth-order valence-corrected chi connectivity index (χ4v) is 3.57. The van der Waals surface area contributed by atoms with Crippen LogP contribution in [0.4, 0.5) is 5.69 Å². The summed E-state index contributed by atoms with van der Waals surface area (Å²) in [7, 11) is 2.97. The predicted molar refractivity (Wildman–Crippen MR) is 134 cm³/mol. The van der Waals surface area contributed by atoms with Gasteiger partial charge in [-0.25, -0.2) is 4.90 Å². The molecule has 0 aliphatic heterocycles. The zero-order valence-corrected chi connectivity index (χ0v) is 21.2. The van der Waals surface area contributed by atoms with Crippen molar-refractivity contribution in [2.24, 2.45) is 18.9 Å². The number of esters is 1. The summed E-state index contributed by atoms with van der Waals surface area (Å²) in [6, 6.07) is 10.9. The third-order valence-electron chi connectivity index (χ3n) is 5.45. The highest BCUT2D eigenvalue weighted by molar-refractivity contribution is 6.31. The summed E-state index contributed by atoms with van der Waals surface area (Å²) >= 11 is 6.00. The van der Waals surface area contributed by atoms with Crippen LogP contribution in [0.2, 0.25) is 5.02 Å². The Kier molecular flexibility index (Phi) is 7.65. The van der Waals surface area contributed by atoms with Crippen LogP contribution in [0.15, 0.2) is 47.3 Å². The number of anilines is 1. The topological polar surface area (TPSA) is 94.9 Å². The highest BCUT2D eigenvalue weighted by Gasteiger charge is 2.33. The highest BCUT2D eigenvalue weighted by Crippen LogP contribution is 2.33. The summed E-state index contributed by atoms with van der Waals surface area (Å²) in [6.07, 6.45) is 0. The van der Waals surface area contributed by atoms with Crippen molar-refractivity contribution in [2.75, 3.05) is 12.0 Å². The molecule has 1 heterocycles. The number of methoxy groups -OCH3 is 1. The van der Waals surface area contributed by atoms with Crippen molar-refractivity contribution >= 4 is 46.0 Å². The molecule has 1 aromatic heterocycles. The van der Waals surface area contributed by atoms with Gasteiger partial charge in [-0.2, -0.15) is 0 Å². The van der Waals surface area contributed by atoms with Crippen molar-refractivity contribution in [1.29, 1.82) is 0 Å². The molecule has 0 unspecified atom stereocenters. The van der Waals surface area contributed by atoms with E-state index < -0.39 is 40.7 Å². The average Bonchev–Trinajstić information content (AvgIpc) is 2.83. The fourth-order valence-electron chi connectivity index (χ4n) is 3.44. The Morgan fingerprint density at radius 1 is 0.971 bits per heavy atom. The molecular formula is C26H27ClN2O6. The van der Waals surface area contributed by atoms with Crippen LogP contribution in [0, 0.1) is 11.8 Å². The van der Waals surface area contributed by atoms with Gasteiger partial charge in [-0.3, -0.25) is 19.2 Å². The quantitative estimate of drug-likeness (QED) is 0.461. The van der Waals surface area contributed by atoms with Crippen LogP contribution in [0.5, 0.6) is 11.5 Å². The maximum atomic E-state index is 14.0. The van der Waals surface area contributed by atoms with Gasteiger partial charge in [-0.1, -0.05) is 39.3 Å². The number of pyridine rings is 1. The zero-order valence-electron chi connectivity index (χ0n) is 20.4. The first-order chi connectivity index (χ1) is 16.5. The second kappa shape index (κ2) is 10.3. The molecule has 0 atom stereocenters. The Bertz CT molecular complexity index is 1360. The lowest BCUT2D eigenvalue weighted by molar-refractivity contribution is -0.137. The molecule has 184 valence electrons. The molecule has 0 aliphatic carbocycles. The number of fused-ring (bicyclic) bond motifs is 1. The first-order valence-corrected chi connectivity index (χ1v) is 11.4. The Labute approximate surface area is 208 Å². The molecule has 35 heavy (non-hydrogen) atoms. The molecule has 9 heteroatoms. The second-order valence-electron chi connectivity index (χ2n) is 8.64. The Morgan fingerprint density at radius 2 is 1.60 bits per heavy atom. The number of hydrogen-bond acceptors (Lipinski definition) is 6. The fraction of sp³-hybridized carbons (Fsp3) is 0.308. The molecule has 0 bridgehead atoms. The summed E-state index contributed by atoms with van der Waals surface area (Å²) in [6.45, 7) is 6.55. The lowest BCUT2D eigenvalue weighted by Gasteiger charge is -2.24. The van der Waals surface area contributed by atoms with Gasteiger partial charge in [0.25, 0.3) is 11.5 Å². The second-order valence-corrected chi connectivity index (χ2v) is 9.07. The number of imide groups is 1. The van der Waals surface area contributed by atoms with E-state index in [-0.39, 0.29) is 11.4 Å². The van der Waals surface area contributed by atoms with Crippen LogP contribution < -0.4 is 19.9 Å². The van der Waals surface area contributed by atoms with Crippen LogP contribution in [0.25, 0.3) is 10.9 Å². The van der Waals surface area contributed by atoms with E-state index in [1.165, 1.54) is 43.0 Å². The standard InChI is InChI=1S/C26H27ClN2O6/c1-14(2)23(30)29(17-9-7-16(27)8-10-17)25(32)21-22(35-26(33)15(3)4)19-13-18(34-6)11-12-20(19)28(5)24(21)31/h7-15H,1-6H3. The van der Waals surface area contributed by atoms with Gasteiger partial charge < -0.3 is 14.0 Å². The van der Waals surface area contributed by atoms with Gasteiger partial charge in [0.1, 0.15) is 11.3 Å². The van der Waals surface area contributed by atoms with Crippen LogP contribution >= 0.6 is 11.6 Å². The van der Waals surface area contributed by atoms with Gasteiger partial charge in [0, 0.05) is 23.4 Å². The monoisotopic (exact) mass is 498 g/mol. The molecule has 2 aromatic carbocycles. The number of carbonyl (C=O) groups excluding carboxylic acids is 3. The van der Waals surface area contributed by atoms with Crippen LogP contribution in [0.3, 0.4) is 0 Å². The molecule has 2 amide bonds. The maximum Gasteiger partial charge on any atom is 0.313 e. The largest absolute Gasteiger partial charge is 0.497 e. The minimum absolute atomic E-state index is 0.221. The van der Waals surface area contributed by atoms with Crippen molar-refractivity contribution < 1.29 is 23.9 Å². The molecule has 8 nitrogen and oxygen atoms in total. The molecule has 0 N–H and O–H groups in total. The lowest BCUT2D eigenvalue weighted by atomic mass is 10.1. The van der Waals surface area contributed by atoms with Crippen LogP contribution in [-0.4, -0.2) is 29.5 Å². The van der Waals surface area contributed by atoms with Crippen molar-refractivity contribution in [3.05, 3.63) is 63.4 Å². The minimum Gasteiger partial charge on any atom is -0.497 e. The molecule has 3 rings (SSSR count). The van der Waals surface area contributed by atoms with E-state index in [1.807, 2.05) is 0 Å². The Morgan fingerprint density at radius 3 is 2.14 bits per heavy atom. The zero-order chi connectivity index (χ0) is 26.0. The van der Waals surface area contributed by atoms with E-state index in [1.54, 1.807) is 45.9 Å². The summed E-state index contributed by atoms with van der Waals surface area (Å²) < 4.78 is 12.2. The molecule has 0 saturated carbocycles. The molecule has 0 spiro atoms. The van der Waals surface area contributed by atoms with E-state index in [2.05, 4.69) is 0 Å². The van der Waals surface area contributed by atoms with E-state index in [9.17, 15) is 19.2 Å². The highest BCUT2D eigenvalue weighted by atomic mass is 35.5. The molecule has 3 aromatic rings. The number of carbonyl (C=O) groups is 3. The molecule has 0 saturated heterocycles. The van der Waals surface area contributed by atoms with Crippen LogP contribution in [-0.2, 0) is 16.6 Å². The number of benzene rings is 2. The van der Waals surface area contributed by atoms with Gasteiger partial charge in [0.15, 0.2) is 5.75 Å². The summed E-state index contributed by atoms with van der Waals surface area (Å²) in [5.41, 5.74) is -0.500. The number of amides is 2. The van der Waals surface area contributed by atoms with Crippen molar-refractivity contribution in [3.8, 4) is 11.5 Å². The first-order valence-electron chi connectivity index (χ1n) is 11.0. The summed E-state index contributed by atoms with van der Waals surface area (Å²) in [4.78, 5) is 54.2. The van der Waals surface area contributed by atoms with Crippen molar-refractivity contribution in [1.82, 2.24) is 4.57 Å². The van der Waals surface area contributed by atoms with Crippen LogP contribution in [0.1, 0.15) is 38.1 Å². The number of ether oxygens (including phenoxy) is 2. The lowest BCUT2D eigenvalue weighted by Crippen LogP contribution is -2.43. The SMILES string of the molecule is COc1ccc2c(c1)c(OC(=O)C(C)C)c(C(=O)N(C(=O)C(C)C)c1ccc(Cl)cc1)c(=O)n2C. The van der Waals surface area contributed by atoms with Gasteiger partial charge in [-0.05, 0) is 42.5 Å². The first kappa shape index (κ1) is 26.0. The number of hydrogen-bond donors (Lipinski definition) is 0. The van der Waals surface area contributed by atoms with Gasteiger partial charge in [-0.15, -0.1) is 0 Å². The molecule has 0 fully saturated rings. The van der Waals surface area contributed by atoms with Gasteiger partial charge in [0.05, 0.1) is 24.2 Å². The van der Waals surface area contributed by atoms with Crippen molar-refractivity contribution in [2.45, 2.75) is 27.7 Å². The van der Waals surface area contributed by atoms with Gasteiger partial charge >= 0.3 is 5.97 Å². The van der Waals surface area contributed by atoms with E-state index in [4.69, 9.17) is 21.1 Å². The molecule has 0 aliphatic rings. The third-order valence-corrected chi connectivity index (χ3v) is 5.70. The Hall–Kier alpha value is -3.65. The number of halogens is 1. The molecular weight excluding hydrogens is 472 g/mol. The number of aryl methyl sites for hydroxylation is 1. The third kappa shape index (κ3) is 5.07. The van der Waals surface area contributed by atoms with Gasteiger partial charge in [0.2, 0.25) is 5.91 Å². The summed E-state index contributed by atoms with van der Waals surface area (Å²) in [5, 5.41) is 0.732. The molecule has 0 radical (unpaired) electrons. The summed E-state index contributed by atoms with van der Waals surface area (Å²) in [5.74, 6) is -2.97. The average molecular weight is 499 g/mol. The maximum absolute atomic E-state index is 14.0.